The molecule has 2 heterocycles. The Bertz CT molecular complexity index is 308. The van der Waals surface area contributed by atoms with Gasteiger partial charge in [0.2, 0.25) is 0 Å². The second kappa shape index (κ2) is 6.73. The first kappa shape index (κ1) is 16.2. The summed E-state index contributed by atoms with van der Waals surface area (Å²) >= 11 is 0. The lowest BCUT2D eigenvalue weighted by molar-refractivity contribution is -0.118. The van der Waals surface area contributed by atoms with Crippen LogP contribution in [0.25, 0.3) is 0 Å². The highest BCUT2D eigenvalue weighted by Gasteiger charge is 2.41. The zero-order valence-electron chi connectivity index (χ0n) is 13.7. The maximum atomic E-state index is 6.25. The summed E-state index contributed by atoms with van der Waals surface area (Å²) < 4.78 is 5.87. The van der Waals surface area contributed by atoms with E-state index in [2.05, 4.69) is 30.6 Å². The Labute approximate surface area is 124 Å². The number of nitrogens with two attached hydrogens (primary N) is 1. The van der Waals surface area contributed by atoms with Crippen LogP contribution >= 0.6 is 0 Å². The van der Waals surface area contributed by atoms with Gasteiger partial charge >= 0.3 is 0 Å². The van der Waals surface area contributed by atoms with Gasteiger partial charge in [-0.25, -0.2) is 0 Å². The van der Waals surface area contributed by atoms with Crippen LogP contribution in [-0.2, 0) is 4.74 Å². The van der Waals surface area contributed by atoms with Crippen molar-refractivity contribution in [1.82, 2.24) is 9.80 Å². The zero-order valence-corrected chi connectivity index (χ0v) is 13.7. The molecule has 0 aromatic heterocycles. The van der Waals surface area contributed by atoms with Crippen molar-refractivity contribution in [2.45, 2.75) is 57.6 Å². The molecule has 1 atom stereocenters. The summed E-state index contributed by atoms with van der Waals surface area (Å²) in [5.74, 6) is 0. The molecular weight excluding hydrogens is 250 g/mol. The number of nitrogens with zero attached hydrogens (tertiary/aromatic N) is 2. The Morgan fingerprint density at radius 1 is 1.15 bits per heavy atom. The maximum Gasteiger partial charge on any atom is 0.0753 e. The third kappa shape index (κ3) is 3.73. The summed E-state index contributed by atoms with van der Waals surface area (Å²) in [6.07, 6.45) is 4.97. The van der Waals surface area contributed by atoms with Gasteiger partial charge in [0.05, 0.1) is 12.2 Å². The van der Waals surface area contributed by atoms with Crippen molar-refractivity contribution in [3.05, 3.63) is 0 Å². The second-order valence-corrected chi connectivity index (χ2v) is 7.15. The molecule has 2 aliphatic rings. The minimum Gasteiger partial charge on any atom is -0.373 e. The molecule has 0 aliphatic carbocycles. The standard InChI is InChI=1S/C16H33N3O/c1-4-8-18-9-5-6-16(13-17,7-10-18)19-11-12-20-15(2,3)14-19/h4-14,17H2,1-3H3. The fourth-order valence-electron chi connectivity index (χ4n) is 3.85. The van der Waals surface area contributed by atoms with Crippen LogP contribution in [0, 0.1) is 0 Å². The van der Waals surface area contributed by atoms with E-state index in [-0.39, 0.29) is 11.1 Å². The van der Waals surface area contributed by atoms with Gasteiger partial charge in [-0.15, -0.1) is 0 Å². The molecule has 4 nitrogen and oxygen atoms in total. The first-order valence-corrected chi connectivity index (χ1v) is 8.33. The van der Waals surface area contributed by atoms with Crippen LogP contribution in [0.4, 0.5) is 0 Å². The fourth-order valence-corrected chi connectivity index (χ4v) is 3.85. The van der Waals surface area contributed by atoms with E-state index in [0.717, 1.165) is 26.2 Å². The Balaban J connectivity index is 2.05. The smallest absolute Gasteiger partial charge is 0.0753 e. The molecule has 0 aromatic rings. The van der Waals surface area contributed by atoms with Crippen molar-refractivity contribution < 1.29 is 4.74 Å². The summed E-state index contributed by atoms with van der Waals surface area (Å²) in [5, 5.41) is 0. The number of likely N-dealkylation sites (tertiary alicyclic amines) is 1. The van der Waals surface area contributed by atoms with E-state index < -0.39 is 0 Å². The molecule has 0 amide bonds. The molecule has 0 spiro atoms. The molecule has 0 saturated carbocycles. The van der Waals surface area contributed by atoms with E-state index in [1.807, 2.05) is 0 Å². The summed E-state index contributed by atoms with van der Waals surface area (Å²) in [6, 6.07) is 0. The molecule has 20 heavy (non-hydrogen) atoms. The normalized spacial score (nSPS) is 33.0. The third-order valence-corrected chi connectivity index (χ3v) is 5.03. The van der Waals surface area contributed by atoms with Crippen LogP contribution in [0.15, 0.2) is 0 Å². The van der Waals surface area contributed by atoms with Crippen molar-refractivity contribution in [2.75, 3.05) is 45.9 Å². The Hall–Kier alpha value is -0.160. The van der Waals surface area contributed by atoms with Gasteiger partial charge < -0.3 is 15.4 Å². The number of hydrogen-bond acceptors (Lipinski definition) is 4. The molecule has 0 aromatic carbocycles. The van der Waals surface area contributed by atoms with E-state index >= 15 is 0 Å². The van der Waals surface area contributed by atoms with Gasteiger partial charge in [-0.1, -0.05) is 6.92 Å². The quantitative estimate of drug-likeness (QED) is 0.852. The van der Waals surface area contributed by atoms with Gasteiger partial charge in [0.15, 0.2) is 0 Å². The molecule has 4 heteroatoms. The third-order valence-electron chi connectivity index (χ3n) is 5.03. The summed E-state index contributed by atoms with van der Waals surface area (Å²) in [4.78, 5) is 5.24. The Morgan fingerprint density at radius 3 is 2.60 bits per heavy atom. The number of hydrogen-bond donors (Lipinski definition) is 1. The number of morpholine rings is 1. The fraction of sp³-hybridized carbons (Fsp3) is 1.00. The lowest BCUT2D eigenvalue weighted by Crippen LogP contribution is -2.61. The van der Waals surface area contributed by atoms with Gasteiger partial charge in [-0.2, -0.15) is 0 Å². The molecule has 0 bridgehead atoms. The molecule has 118 valence electrons. The van der Waals surface area contributed by atoms with Crippen LogP contribution in [0.1, 0.15) is 46.5 Å². The van der Waals surface area contributed by atoms with Crippen molar-refractivity contribution in [2.24, 2.45) is 5.73 Å². The largest absolute Gasteiger partial charge is 0.373 e. The molecule has 0 radical (unpaired) electrons. The average molecular weight is 283 g/mol. The van der Waals surface area contributed by atoms with Gasteiger partial charge in [-0.05, 0) is 59.2 Å². The predicted molar refractivity (Wildman–Crippen MR) is 84.0 cm³/mol. The van der Waals surface area contributed by atoms with E-state index in [1.54, 1.807) is 0 Å². The first-order valence-electron chi connectivity index (χ1n) is 8.33. The molecule has 2 saturated heterocycles. The molecule has 2 rings (SSSR count). The lowest BCUT2D eigenvalue weighted by Gasteiger charge is -2.49. The van der Waals surface area contributed by atoms with E-state index in [4.69, 9.17) is 10.5 Å². The predicted octanol–water partition coefficient (Wildman–Crippen LogP) is 1.69. The minimum atomic E-state index is -0.0319. The zero-order chi connectivity index (χ0) is 14.6. The van der Waals surface area contributed by atoms with Crippen molar-refractivity contribution in [3.63, 3.8) is 0 Å². The van der Waals surface area contributed by atoms with Gasteiger partial charge in [0, 0.05) is 25.2 Å². The molecule has 2 N–H and O–H groups in total. The number of ether oxygens (including phenoxy) is 1. The van der Waals surface area contributed by atoms with Crippen LogP contribution in [0.2, 0.25) is 0 Å². The van der Waals surface area contributed by atoms with Crippen molar-refractivity contribution in [1.29, 1.82) is 0 Å². The summed E-state index contributed by atoms with van der Waals surface area (Å²) in [7, 11) is 0. The van der Waals surface area contributed by atoms with E-state index in [0.29, 0.717) is 0 Å². The SMILES string of the molecule is CCCN1CCCC(CN)(N2CCOC(C)(C)C2)CC1. The molecular formula is C16H33N3O. The van der Waals surface area contributed by atoms with Gasteiger partial charge in [0.25, 0.3) is 0 Å². The van der Waals surface area contributed by atoms with Crippen LogP contribution in [0.3, 0.4) is 0 Å². The highest BCUT2D eigenvalue weighted by atomic mass is 16.5. The second-order valence-electron chi connectivity index (χ2n) is 7.15. The monoisotopic (exact) mass is 283 g/mol. The lowest BCUT2D eigenvalue weighted by atomic mass is 9.86. The Morgan fingerprint density at radius 2 is 1.95 bits per heavy atom. The topological polar surface area (TPSA) is 41.7 Å². The average Bonchev–Trinajstić information content (AvgIpc) is 2.61. The molecule has 2 aliphatic heterocycles. The van der Waals surface area contributed by atoms with E-state index in [9.17, 15) is 0 Å². The maximum absolute atomic E-state index is 6.25. The van der Waals surface area contributed by atoms with Gasteiger partial charge in [-0.3, -0.25) is 4.90 Å². The first-order chi connectivity index (χ1) is 9.51. The van der Waals surface area contributed by atoms with Crippen molar-refractivity contribution in [3.8, 4) is 0 Å². The highest BCUT2D eigenvalue weighted by Crippen LogP contribution is 2.32. The minimum absolute atomic E-state index is 0.0319. The molecule has 1 unspecified atom stereocenters. The van der Waals surface area contributed by atoms with Gasteiger partial charge in [0.1, 0.15) is 0 Å². The summed E-state index contributed by atoms with van der Waals surface area (Å²) in [5.41, 5.74) is 6.41. The summed E-state index contributed by atoms with van der Waals surface area (Å²) in [6.45, 7) is 14.0. The molecule has 2 fully saturated rings. The van der Waals surface area contributed by atoms with Crippen LogP contribution < -0.4 is 5.73 Å². The van der Waals surface area contributed by atoms with E-state index in [1.165, 1.54) is 45.3 Å². The highest BCUT2D eigenvalue weighted by molar-refractivity contribution is 4.98. The van der Waals surface area contributed by atoms with Crippen LogP contribution in [0.5, 0.6) is 0 Å². The number of rotatable bonds is 4. The van der Waals surface area contributed by atoms with Crippen molar-refractivity contribution >= 4 is 0 Å². The Kier molecular flexibility index (Phi) is 5.46. The van der Waals surface area contributed by atoms with Crippen LogP contribution in [-0.4, -0.2) is 66.8 Å².